The highest BCUT2D eigenvalue weighted by Gasteiger charge is 2.27. The van der Waals surface area contributed by atoms with Gasteiger partial charge in [-0.3, -0.25) is 4.79 Å². The third-order valence-electron chi connectivity index (χ3n) is 5.17. The lowest BCUT2D eigenvalue weighted by Gasteiger charge is -2.26. The van der Waals surface area contributed by atoms with E-state index in [1.165, 1.54) is 28.6 Å². The van der Waals surface area contributed by atoms with Crippen molar-refractivity contribution in [1.29, 1.82) is 0 Å². The number of halogens is 2. The molecule has 0 unspecified atom stereocenters. The van der Waals surface area contributed by atoms with Gasteiger partial charge in [-0.2, -0.15) is 4.31 Å². The first kappa shape index (κ1) is 22.7. The number of aromatic amines is 1. The van der Waals surface area contributed by atoms with E-state index in [-0.39, 0.29) is 27.9 Å². The normalized spacial score (nSPS) is 15.1. The fourth-order valence-corrected chi connectivity index (χ4v) is 5.42. The summed E-state index contributed by atoms with van der Waals surface area (Å²) < 4.78 is 32.5. The van der Waals surface area contributed by atoms with Crippen LogP contribution in [0.3, 0.4) is 0 Å². The molecule has 2 heterocycles. The van der Waals surface area contributed by atoms with Gasteiger partial charge in [-0.15, -0.1) is 0 Å². The molecule has 168 valence electrons. The number of ether oxygens (including phenoxy) is 1. The van der Waals surface area contributed by atoms with Gasteiger partial charge in [0.25, 0.3) is 5.56 Å². The zero-order chi connectivity index (χ0) is 22.9. The van der Waals surface area contributed by atoms with Crippen molar-refractivity contribution in [2.45, 2.75) is 30.8 Å². The van der Waals surface area contributed by atoms with E-state index >= 15 is 0 Å². The number of aromatic nitrogens is 2. The molecule has 1 aromatic heterocycles. The lowest BCUT2D eigenvalue weighted by atomic mass is 10.2. The maximum atomic E-state index is 12.9. The molecule has 3 aromatic rings. The molecule has 1 aliphatic heterocycles. The minimum Gasteiger partial charge on any atom is -0.454 e. The molecule has 4 rings (SSSR count). The van der Waals surface area contributed by atoms with Gasteiger partial charge in [0.1, 0.15) is 12.4 Å². The Morgan fingerprint density at radius 1 is 1.09 bits per heavy atom. The number of rotatable bonds is 5. The summed E-state index contributed by atoms with van der Waals surface area (Å²) in [6.07, 6.45) is 2.58. The molecule has 0 amide bonds. The topological polar surface area (TPSA) is 109 Å². The Morgan fingerprint density at radius 2 is 1.84 bits per heavy atom. The molecule has 0 atom stereocenters. The van der Waals surface area contributed by atoms with E-state index in [9.17, 15) is 18.0 Å². The summed E-state index contributed by atoms with van der Waals surface area (Å²) in [7, 11) is -3.74. The molecule has 1 N–H and O–H groups in total. The van der Waals surface area contributed by atoms with Crippen molar-refractivity contribution in [1.82, 2.24) is 14.3 Å². The summed E-state index contributed by atoms with van der Waals surface area (Å²) in [6.45, 7) is 0.543. The van der Waals surface area contributed by atoms with Crippen molar-refractivity contribution in [2.75, 3.05) is 13.1 Å². The number of hydrogen-bond acceptors (Lipinski definition) is 6. The van der Waals surface area contributed by atoms with Gasteiger partial charge in [-0.25, -0.2) is 18.2 Å². The maximum Gasteiger partial charge on any atom is 0.340 e. The fraction of sp³-hybridized carbons (Fsp3) is 0.286. The zero-order valence-corrected chi connectivity index (χ0v) is 19.1. The van der Waals surface area contributed by atoms with Crippen LogP contribution in [0.1, 0.15) is 35.4 Å². The summed E-state index contributed by atoms with van der Waals surface area (Å²) in [5.41, 5.74) is -0.124. The Morgan fingerprint density at radius 3 is 2.59 bits per heavy atom. The number of esters is 1. The molecule has 2 aromatic carbocycles. The molecule has 0 bridgehead atoms. The lowest BCUT2D eigenvalue weighted by molar-refractivity contribution is 0.0462. The van der Waals surface area contributed by atoms with Crippen LogP contribution >= 0.6 is 23.2 Å². The van der Waals surface area contributed by atoms with Crippen LogP contribution in [0.25, 0.3) is 10.9 Å². The van der Waals surface area contributed by atoms with E-state index in [0.29, 0.717) is 29.0 Å². The van der Waals surface area contributed by atoms with E-state index in [2.05, 4.69) is 9.97 Å². The number of piperidine rings is 1. The van der Waals surface area contributed by atoms with Crippen molar-refractivity contribution in [3.05, 3.63) is 68.2 Å². The number of carbonyl (C=O) groups is 1. The van der Waals surface area contributed by atoms with Gasteiger partial charge in [0.15, 0.2) is 0 Å². The third kappa shape index (κ3) is 4.66. The van der Waals surface area contributed by atoms with Crippen LogP contribution in [0.5, 0.6) is 0 Å². The van der Waals surface area contributed by atoms with Gasteiger partial charge in [0.05, 0.1) is 26.4 Å². The second-order valence-corrected chi connectivity index (χ2v) is 10.1. The van der Waals surface area contributed by atoms with Gasteiger partial charge in [-0.1, -0.05) is 29.6 Å². The molecule has 0 spiro atoms. The summed E-state index contributed by atoms with van der Waals surface area (Å²) in [6, 6.07) is 8.59. The predicted octanol–water partition coefficient (Wildman–Crippen LogP) is 3.76. The van der Waals surface area contributed by atoms with Gasteiger partial charge in [0, 0.05) is 18.1 Å². The number of nitrogens with zero attached hydrogens (tertiary/aromatic N) is 2. The number of carbonyl (C=O) groups excluding carboxylic acids is 1. The monoisotopic (exact) mass is 495 g/mol. The van der Waals surface area contributed by atoms with Gasteiger partial charge < -0.3 is 9.72 Å². The lowest BCUT2D eigenvalue weighted by Crippen LogP contribution is -2.35. The van der Waals surface area contributed by atoms with Crippen molar-refractivity contribution in [3.8, 4) is 0 Å². The van der Waals surface area contributed by atoms with Gasteiger partial charge in [0.2, 0.25) is 10.0 Å². The quantitative estimate of drug-likeness (QED) is 0.539. The Kier molecular flexibility index (Phi) is 6.52. The molecule has 0 radical (unpaired) electrons. The highest BCUT2D eigenvalue weighted by Crippen LogP contribution is 2.26. The van der Waals surface area contributed by atoms with Crippen molar-refractivity contribution >= 4 is 50.1 Å². The molecular formula is C21H19Cl2N3O5S. The van der Waals surface area contributed by atoms with Crippen LogP contribution < -0.4 is 5.56 Å². The van der Waals surface area contributed by atoms with Crippen LogP contribution in [-0.4, -0.2) is 41.7 Å². The molecule has 0 saturated carbocycles. The minimum atomic E-state index is -3.74. The number of fused-ring (bicyclic) bond motifs is 1. The van der Waals surface area contributed by atoms with Crippen molar-refractivity contribution in [3.63, 3.8) is 0 Å². The zero-order valence-electron chi connectivity index (χ0n) is 16.8. The van der Waals surface area contributed by atoms with Crippen LogP contribution in [-0.2, 0) is 21.4 Å². The second kappa shape index (κ2) is 9.19. The van der Waals surface area contributed by atoms with Crippen LogP contribution in [0.2, 0.25) is 10.0 Å². The molecule has 1 fully saturated rings. The Bertz CT molecular complexity index is 1350. The number of H-pyrrole nitrogens is 1. The van der Waals surface area contributed by atoms with Crippen molar-refractivity contribution in [2.24, 2.45) is 0 Å². The highest BCUT2D eigenvalue weighted by molar-refractivity contribution is 7.89. The average molecular weight is 496 g/mol. The third-order valence-corrected chi connectivity index (χ3v) is 7.63. The predicted molar refractivity (Wildman–Crippen MR) is 121 cm³/mol. The summed E-state index contributed by atoms with van der Waals surface area (Å²) in [5, 5.41) is 0.819. The molecule has 0 aliphatic carbocycles. The van der Waals surface area contributed by atoms with Crippen molar-refractivity contribution < 1.29 is 17.9 Å². The molecule has 8 nitrogen and oxygen atoms in total. The average Bonchev–Trinajstić information content (AvgIpc) is 2.78. The Labute approximate surface area is 194 Å². The Hall–Kier alpha value is -2.46. The SMILES string of the molecule is O=C(OCc1nc2cc(Cl)ccc2c(=O)[nH]1)c1cc(S(=O)(=O)N2CCCCC2)ccc1Cl. The van der Waals surface area contributed by atoms with Crippen LogP contribution in [0.15, 0.2) is 46.1 Å². The van der Waals surface area contributed by atoms with E-state index < -0.39 is 21.6 Å². The second-order valence-electron chi connectivity index (χ2n) is 7.36. The van der Waals surface area contributed by atoms with E-state index in [1.807, 2.05) is 0 Å². The number of hydrogen-bond donors (Lipinski definition) is 1. The number of benzene rings is 2. The molecule has 32 heavy (non-hydrogen) atoms. The van der Waals surface area contributed by atoms with Crippen LogP contribution in [0, 0.1) is 0 Å². The molecule has 1 saturated heterocycles. The fourth-order valence-electron chi connectivity index (χ4n) is 3.52. The first-order valence-electron chi connectivity index (χ1n) is 9.91. The summed E-state index contributed by atoms with van der Waals surface area (Å²) in [4.78, 5) is 31.6. The molecular weight excluding hydrogens is 477 g/mol. The summed E-state index contributed by atoms with van der Waals surface area (Å²) >= 11 is 12.1. The standard InChI is InChI=1S/C21H19Cl2N3O5S/c22-13-4-6-15-18(10-13)24-19(25-20(15)27)12-31-21(28)16-11-14(5-7-17(16)23)32(29,30)26-8-2-1-3-9-26/h4-7,10-11H,1-3,8-9,12H2,(H,24,25,27). The Balaban J connectivity index is 1.55. The smallest absolute Gasteiger partial charge is 0.340 e. The van der Waals surface area contributed by atoms with Crippen LogP contribution in [0.4, 0.5) is 0 Å². The first-order chi connectivity index (χ1) is 15.3. The summed E-state index contributed by atoms with van der Waals surface area (Å²) in [5.74, 6) is -0.717. The van der Waals surface area contributed by atoms with Gasteiger partial charge >= 0.3 is 5.97 Å². The highest BCUT2D eigenvalue weighted by atomic mass is 35.5. The van der Waals surface area contributed by atoms with E-state index in [4.69, 9.17) is 27.9 Å². The minimum absolute atomic E-state index is 0.0253. The number of nitrogens with one attached hydrogen (secondary N) is 1. The maximum absolute atomic E-state index is 12.9. The molecule has 1 aliphatic rings. The first-order valence-corrected chi connectivity index (χ1v) is 12.1. The van der Waals surface area contributed by atoms with Gasteiger partial charge in [-0.05, 0) is 49.2 Å². The van der Waals surface area contributed by atoms with E-state index in [1.54, 1.807) is 12.1 Å². The molecule has 11 heteroatoms. The number of sulfonamides is 1. The largest absolute Gasteiger partial charge is 0.454 e. The van der Waals surface area contributed by atoms with E-state index in [0.717, 1.165) is 19.3 Å².